The minimum Gasteiger partial charge on any atom is -0.213 e. The molecule has 0 aromatic heterocycles. The third-order valence-electron chi connectivity index (χ3n) is 1.29. The molecule has 0 aromatic carbocycles. The maximum atomic E-state index is 12.1. The van der Waals surface area contributed by atoms with Crippen molar-refractivity contribution in [1.29, 1.82) is 0 Å². The molecule has 0 aromatic rings. The first-order valence-electron chi connectivity index (χ1n) is 3.58. The van der Waals surface area contributed by atoms with E-state index in [0.717, 1.165) is 0 Å². The van der Waals surface area contributed by atoms with Crippen molar-refractivity contribution in [2.24, 2.45) is 0 Å². The van der Waals surface area contributed by atoms with E-state index in [0.29, 0.717) is 0 Å². The Labute approximate surface area is 99.8 Å². The first kappa shape index (κ1) is 19.2. The summed E-state index contributed by atoms with van der Waals surface area (Å²) in [5.41, 5.74) is -15.4. The molecule has 0 aliphatic carbocycles. The molecule has 0 amide bonds. The number of hydrogen-bond acceptors (Lipinski definition) is 3. The lowest BCUT2D eigenvalue weighted by atomic mass is 11.4. The van der Waals surface area contributed by atoms with Gasteiger partial charge in [-0.3, -0.25) is 0 Å². The second-order valence-corrected chi connectivity index (χ2v) is 5.63. The number of alkyl halides is 12. The molecule has 0 N–H and O–H groups in total. The summed E-state index contributed by atoms with van der Waals surface area (Å²) in [6.07, 6.45) is -14.0. The van der Waals surface area contributed by atoms with Gasteiger partial charge in [0, 0.05) is 0 Å². The SMILES string of the molecule is O=S(OC(F)(F)F)(OC(F)(F)F)(C(F)(F)F)C(F)(F)F. The smallest absolute Gasteiger partial charge is 0.213 e. The molecule has 0 heterocycles. The molecule has 0 atom stereocenters. The van der Waals surface area contributed by atoms with Gasteiger partial charge in [0.1, 0.15) is 0 Å². The van der Waals surface area contributed by atoms with Crippen LogP contribution in [0.2, 0.25) is 0 Å². The van der Waals surface area contributed by atoms with Gasteiger partial charge in [0.05, 0.1) is 0 Å². The summed E-state index contributed by atoms with van der Waals surface area (Å²) < 4.78 is 155. The van der Waals surface area contributed by atoms with Crippen molar-refractivity contribution >= 4 is 9.63 Å². The van der Waals surface area contributed by atoms with E-state index in [-0.39, 0.29) is 0 Å². The molecule has 0 aliphatic heterocycles. The summed E-state index contributed by atoms with van der Waals surface area (Å²) in [5, 5.41) is 0. The number of rotatable bonds is 2. The molecular formula is C4F12O3S. The van der Waals surface area contributed by atoms with Gasteiger partial charge in [-0.1, -0.05) is 0 Å². The van der Waals surface area contributed by atoms with Crippen LogP contribution < -0.4 is 0 Å². The maximum absolute atomic E-state index is 12.1. The first-order chi connectivity index (χ1) is 8.23. The second kappa shape index (κ2) is 4.36. The van der Waals surface area contributed by atoms with Crippen LogP contribution >= 0.6 is 0 Å². The van der Waals surface area contributed by atoms with Crippen molar-refractivity contribution < 1.29 is 65.3 Å². The third kappa shape index (κ3) is 3.27. The highest BCUT2D eigenvalue weighted by Crippen LogP contribution is 2.61. The second-order valence-electron chi connectivity index (χ2n) is 2.76. The van der Waals surface area contributed by atoms with Gasteiger partial charge in [-0.2, -0.15) is 34.7 Å². The van der Waals surface area contributed by atoms with E-state index in [9.17, 15) is 56.9 Å². The average Bonchev–Trinajstić information content (AvgIpc) is 1.90. The van der Waals surface area contributed by atoms with Gasteiger partial charge in [0.2, 0.25) is 0 Å². The van der Waals surface area contributed by atoms with Crippen molar-refractivity contribution in [1.82, 2.24) is 0 Å². The fourth-order valence-corrected chi connectivity index (χ4v) is 2.04. The standard InChI is InChI=1S/C4F12O3S/c5-1(6,7)18-20(17,3(11,12)13,4(14,15)16)19-2(8,9)10. The zero-order valence-corrected chi connectivity index (χ0v) is 8.99. The zero-order chi connectivity index (χ0) is 16.9. The molecule has 124 valence electrons. The van der Waals surface area contributed by atoms with Crippen LogP contribution in [0.1, 0.15) is 0 Å². The molecule has 0 radical (unpaired) electrons. The van der Waals surface area contributed by atoms with E-state index in [1.807, 2.05) is 0 Å². The minimum atomic E-state index is -10.2. The van der Waals surface area contributed by atoms with E-state index in [2.05, 4.69) is 0 Å². The van der Waals surface area contributed by atoms with Crippen LogP contribution in [-0.2, 0) is 18.0 Å². The monoisotopic (exact) mass is 356 g/mol. The van der Waals surface area contributed by atoms with Gasteiger partial charge < -0.3 is 0 Å². The highest BCUT2D eigenvalue weighted by atomic mass is 32.3. The molecule has 0 aliphatic rings. The lowest BCUT2D eigenvalue weighted by Crippen LogP contribution is -2.64. The van der Waals surface area contributed by atoms with Crippen LogP contribution in [0.4, 0.5) is 52.7 Å². The molecule has 0 saturated carbocycles. The molecule has 0 fully saturated rings. The van der Waals surface area contributed by atoms with E-state index in [1.165, 1.54) is 8.37 Å². The fraction of sp³-hybridized carbons (Fsp3) is 1.00. The van der Waals surface area contributed by atoms with Gasteiger partial charge in [-0.15, -0.1) is 26.3 Å². The summed E-state index contributed by atoms with van der Waals surface area (Å²) >= 11 is 0. The normalized spacial score (nSPS) is 17.7. The van der Waals surface area contributed by atoms with Crippen LogP contribution in [0.5, 0.6) is 0 Å². The van der Waals surface area contributed by atoms with Gasteiger partial charge >= 0.3 is 23.7 Å². The lowest BCUT2D eigenvalue weighted by molar-refractivity contribution is -0.327. The van der Waals surface area contributed by atoms with Gasteiger partial charge in [0.15, 0.2) is 0 Å². The Morgan fingerprint density at radius 1 is 0.550 bits per heavy atom. The summed E-state index contributed by atoms with van der Waals surface area (Å²) in [4.78, 5) is 0. The summed E-state index contributed by atoms with van der Waals surface area (Å²) in [6.45, 7) is 0. The Kier molecular flexibility index (Phi) is 4.19. The highest BCUT2D eigenvalue weighted by Gasteiger charge is 2.85. The Hall–Kier alpha value is -0.770. The summed E-state index contributed by atoms with van der Waals surface area (Å²) in [5.74, 6) is 0. The molecule has 3 nitrogen and oxygen atoms in total. The molecular weight excluding hydrogens is 356 g/mol. The maximum Gasteiger partial charge on any atom is 0.536 e. The number of hydrogen-bond donors (Lipinski definition) is 0. The quantitative estimate of drug-likeness (QED) is 0.707. The van der Waals surface area contributed by atoms with E-state index in [4.69, 9.17) is 0 Å². The van der Waals surface area contributed by atoms with Crippen molar-refractivity contribution in [3.63, 3.8) is 0 Å². The molecule has 0 unspecified atom stereocenters. The largest absolute Gasteiger partial charge is 0.536 e. The Bertz CT molecular complexity index is 382. The molecule has 0 bridgehead atoms. The minimum absolute atomic E-state index is 1.28. The predicted molar refractivity (Wildman–Crippen MR) is 34.5 cm³/mol. The molecule has 0 spiro atoms. The average molecular weight is 356 g/mol. The fourth-order valence-electron chi connectivity index (χ4n) is 0.681. The van der Waals surface area contributed by atoms with Gasteiger partial charge in [-0.25, -0.2) is 4.21 Å². The topological polar surface area (TPSA) is 35.5 Å². The summed E-state index contributed by atoms with van der Waals surface area (Å²) in [7, 11) is -10.2. The molecule has 20 heavy (non-hydrogen) atoms. The predicted octanol–water partition coefficient (Wildman–Crippen LogP) is 3.75. The van der Waals surface area contributed by atoms with Crippen molar-refractivity contribution in [2.75, 3.05) is 0 Å². The van der Waals surface area contributed by atoms with Gasteiger partial charge in [0.25, 0.3) is 9.63 Å². The first-order valence-corrected chi connectivity index (χ1v) is 5.40. The van der Waals surface area contributed by atoms with Crippen LogP contribution in [0.15, 0.2) is 0 Å². The molecule has 0 rings (SSSR count). The Morgan fingerprint density at radius 2 is 0.750 bits per heavy atom. The van der Waals surface area contributed by atoms with Crippen LogP contribution in [0.3, 0.4) is 0 Å². The van der Waals surface area contributed by atoms with Crippen molar-refractivity contribution in [2.45, 2.75) is 23.7 Å². The van der Waals surface area contributed by atoms with E-state index < -0.39 is 33.4 Å². The van der Waals surface area contributed by atoms with Crippen molar-refractivity contribution in [3.8, 4) is 0 Å². The number of halogens is 12. The highest BCUT2D eigenvalue weighted by molar-refractivity contribution is 8.13. The van der Waals surface area contributed by atoms with E-state index in [1.54, 1.807) is 0 Å². The lowest BCUT2D eigenvalue weighted by Gasteiger charge is -2.42. The van der Waals surface area contributed by atoms with Gasteiger partial charge in [-0.05, 0) is 0 Å². The van der Waals surface area contributed by atoms with Crippen LogP contribution in [-0.4, -0.2) is 28.0 Å². The van der Waals surface area contributed by atoms with E-state index >= 15 is 0 Å². The molecule has 16 heteroatoms. The molecule has 0 saturated heterocycles. The zero-order valence-electron chi connectivity index (χ0n) is 8.17. The Balaban J connectivity index is 6.48. The van der Waals surface area contributed by atoms with Crippen LogP contribution in [0.25, 0.3) is 0 Å². The van der Waals surface area contributed by atoms with Crippen LogP contribution in [0, 0.1) is 0 Å². The third-order valence-corrected chi connectivity index (χ3v) is 3.87. The summed E-state index contributed by atoms with van der Waals surface area (Å²) in [6, 6.07) is 0. The Morgan fingerprint density at radius 3 is 0.850 bits per heavy atom. The van der Waals surface area contributed by atoms with Crippen molar-refractivity contribution in [3.05, 3.63) is 0 Å².